The minimum atomic E-state index is -0.412. The Kier molecular flexibility index (Phi) is 6.03. The molecular weight excluding hydrogens is 503 g/mol. The van der Waals surface area contributed by atoms with E-state index in [-0.39, 0.29) is 11.7 Å². The highest BCUT2D eigenvalue weighted by atomic mass is 79.9. The van der Waals surface area contributed by atoms with Crippen molar-refractivity contribution < 1.29 is 9.18 Å². The summed E-state index contributed by atoms with van der Waals surface area (Å²) < 4.78 is 16.0. The normalized spacial score (nSPS) is 15.2. The minimum absolute atomic E-state index is 0.0227. The molecule has 5 nitrogen and oxygen atoms in total. The largest absolute Gasteiger partial charge is 0.305 e. The summed E-state index contributed by atoms with van der Waals surface area (Å²) in [7, 11) is 0. The second kappa shape index (κ2) is 9.11. The third kappa shape index (κ3) is 4.72. The molecule has 3 aromatic carbocycles. The van der Waals surface area contributed by atoms with Crippen LogP contribution in [-0.2, 0) is 17.9 Å². The Labute approximate surface area is 203 Å². The third-order valence-corrected chi connectivity index (χ3v) is 7.22. The zero-order valence-corrected chi connectivity index (χ0v) is 20.2. The number of benzene rings is 3. The Hall–Kier alpha value is -2.97. The standard InChI is InChI=1S/C25H20BrFN4OS/c1-16-2-4-17(5-3-16)13-30-14-20(28-29-30)15-31-23-11-6-18(26)12-22(23)24(25(31)32)33-21-9-7-19(27)8-10-21/h2-12,14,24H,13,15H2,1H3. The third-order valence-electron chi connectivity index (χ3n) is 5.49. The average molecular weight is 523 g/mol. The van der Waals surface area contributed by atoms with E-state index in [4.69, 9.17) is 0 Å². The smallest absolute Gasteiger partial charge is 0.245 e. The summed E-state index contributed by atoms with van der Waals surface area (Å²) in [5.41, 5.74) is 4.85. The number of rotatable bonds is 6. The second-order valence-electron chi connectivity index (χ2n) is 7.97. The number of carbonyl (C=O) groups is 1. The van der Waals surface area contributed by atoms with Gasteiger partial charge in [-0.2, -0.15) is 0 Å². The van der Waals surface area contributed by atoms with E-state index in [0.717, 1.165) is 31.9 Å². The van der Waals surface area contributed by atoms with Crippen molar-refractivity contribution in [3.8, 4) is 0 Å². The molecule has 0 radical (unpaired) electrons. The topological polar surface area (TPSA) is 51.0 Å². The molecule has 5 rings (SSSR count). The molecule has 1 amide bonds. The van der Waals surface area contributed by atoms with Gasteiger partial charge in [-0.1, -0.05) is 51.0 Å². The van der Waals surface area contributed by atoms with Crippen LogP contribution in [-0.4, -0.2) is 20.9 Å². The fourth-order valence-corrected chi connectivity index (χ4v) is 5.32. The van der Waals surface area contributed by atoms with E-state index >= 15 is 0 Å². The van der Waals surface area contributed by atoms with Crippen molar-refractivity contribution in [1.82, 2.24) is 15.0 Å². The first kappa shape index (κ1) is 21.9. The first-order chi connectivity index (χ1) is 16.0. The van der Waals surface area contributed by atoms with Crippen LogP contribution in [0.2, 0.25) is 0 Å². The van der Waals surface area contributed by atoms with Gasteiger partial charge in [-0.25, -0.2) is 9.07 Å². The molecular formula is C25H20BrFN4OS. The zero-order valence-electron chi connectivity index (χ0n) is 17.8. The van der Waals surface area contributed by atoms with Gasteiger partial charge in [0.1, 0.15) is 16.8 Å². The SMILES string of the molecule is Cc1ccc(Cn2cc(CN3C(=O)C(Sc4ccc(F)cc4)c4cc(Br)ccc43)nn2)cc1. The highest BCUT2D eigenvalue weighted by molar-refractivity contribution is 9.10. The summed E-state index contributed by atoms with van der Waals surface area (Å²) in [5, 5.41) is 8.13. The predicted molar refractivity (Wildman–Crippen MR) is 131 cm³/mol. The molecule has 1 aliphatic rings. The molecule has 1 aliphatic heterocycles. The van der Waals surface area contributed by atoms with E-state index < -0.39 is 5.25 Å². The van der Waals surface area contributed by atoms with Crippen LogP contribution in [0.1, 0.15) is 27.6 Å². The maximum Gasteiger partial charge on any atom is 0.245 e. The minimum Gasteiger partial charge on any atom is -0.305 e. The summed E-state index contributed by atoms with van der Waals surface area (Å²) in [6, 6.07) is 20.4. The van der Waals surface area contributed by atoms with Crippen LogP contribution in [0, 0.1) is 12.7 Å². The Bertz CT molecular complexity index is 1310. The predicted octanol–water partition coefficient (Wildman–Crippen LogP) is 5.92. The van der Waals surface area contributed by atoms with Crippen molar-refractivity contribution in [1.29, 1.82) is 0 Å². The number of amides is 1. The lowest BCUT2D eigenvalue weighted by molar-refractivity contribution is -0.117. The number of nitrogens with zero attached hydrogens (tertiary/aromatic N) is 4. The van der Waals surface area contributed by atoms with Gasteiger partial charge in [-0.3, -0.25) is 4.79 Å². The number of hydrogen-bond acceptors (Lipinski definition) is 4. The number of fused-ring (bicyclic) bond motifs is 1. The van der Waals surface area contributed by atoms with E-state index in [1.54, 1.807) is 21.7 Å². The number of thioether (sulfide) groups is 1. The molecule has 2 heterocycles. The lowest BCUT2D eigenvalue weighted by Crippen LogP contribution is -2.27. The van der Waals surface area contributed by atoms with Gasteiger partial charge in [0.25, 0.3) is 0 Å². The molecule has 1 atom stereocenters. The number of aryl methyl sites for hydroxylation is 1. The van der Waals surface area contributed by atoms with Crippen molar-refractivity contribution in [2.75, 3.05) is 4.90 Å². The van der Waals surface area contributed by atoms with Crippen molar-refractivity contribution >= 4 is 39.3 Å². The molecule has 0 N–H and O–H groups in total. The lowest BCUT2D eigenvalue weighted by Gasteiger charge is -2.16. The summed E-state index contributed by atoms with van der Waals surface area (Å²) in [4.78, 5) is 16.0. The zero-order chi connectivity index (χ0) is 22.9. The number of aromatic nitrogens is 3. The highest BCUT2D eigenvalue weighted by Gasteiger charge is 2.38. The van der Waals surface area contributed by atoms with E-state index in [1.165, 1.54) is 29.5 Å². The molecule has 8 heteroatoms. The number of hydrogen-bond donors (Lipinski definition) is 0. The highest BCUT2D eigenvalue weighted by Crippen LogP contribution is 2.47. The summed E-state index contributed by atoms with van der Waals surface area (Å²) in [6.07, 6.45) is 1.88. The van der Waals surface area contributed by atoms with Gasteiger partial charge in [0, 0.05) is 15.1 Å². The molecule has 1 aromatic heterocycles. The molecule has 0 spiro atoms. The first-order valence-electron chi connectivity index (χ1n) is 10.4. The molecule has 166 valence electrons. The van der Waals surface area contributed by atoms with Crippen LogP contribution in [0.25, 0.3) is 0 Å². The lowest BCUT2D eigenvalue weighted by atomic mass is 10.1. The quantitative estimate of drug-likeness (QED) is 0.315. The van der Waals surface area contributed by atoms with Crippen LogP contribution < -0.4 is 4.90 Å². The van der Waals surface area contributed by atoms with Gasteiger partial charge in [0.15, 0.2) is 0 Å². The number of carbonyl (C=O) groups excluding carboxylic acids is 1. The van der Waals surface area contributed by atoms with Gasteiger partial charge >= 0.3 is 0 Å². The van der Waals surface area contributed by atoms with Crippen LogP contribution >= 0.6 is 27.7 Å². The summed E-state index contributed by atoms with van der Waals surface area (Å²) >= 11 is 4.94. The Morgan fingerprint density at radius 2 is 1.79 bits per heavy atom. The van der Waals surface area contributed by atoms with Gasteiger partial charge in [0.2, 0.25) is 5.91 Å². The van der Waals surface area contributed by atoms with Crippen molar-refractivity contribution in [2.24, 2.45) is 0 Å². The molecule has 33 heavy (non-hydrogen) atoms. The fourth-order valence-electron chi connectivity index (χ4n) is 3.83. The Morgan fingerprint density at radius 3 is 2.55 bits per heavy atom. The van der Waals surface area contributed by atoms with Gasteiger partial charge < -0.3 is 4.90 Å². The monoisotopic (exact) mass is 522 g/mol. The molecule has 0 aliphatic carbocycles. The number of anilines is 1. The van der Waals surface area contributed by atoms with Crippen LogP contribution in [0.5, 0.6) is 0 Å². The Balaban J connectivity index is 1.37. The average Bonchev–Trinajstić information content (AvgIpc) is 3.34. The van der Waals surface area contributed by atoms with Crippen LogP contribution in [0.4, 0.5) is 10.1 Å². The van der Waals surface area contributed by atoms with Crippen LogP contribution in [0.15, 0.2) is 82.3 Å². The molecule has 0 saturated carbocycles. The van der Waals surface area contributed by atoms with E-state index in [2.05, 4.69) is 57.4 Å². The second-order valence-corrected chi connectivity index (χ2v) is 10.1. The van der Waals surface area contributed by atoms with Crippen molar-refractivity contribution in [2.45, 2.75) is 30.2 Å². The Morgan fingerprint density at radius 1 is 1.03 bits per heavy atom. The van der Waals surface area contributed by atoms with E-state index in [0.29, 0.717) is 13.1 Å². The number of halogens is 2. The van der Waals surface area contributed by atoms with Gasteiger partial charge in [-0.15, -0.1) is 16.9 Å². The maximum atomic E-state index is 13.4. The summed E-state index contributed by atoms with van der Waals surface area (Å²) in [6.45, 7) is 3.01. The van der Waals surface area contributed by atoms with Crippen molar-refractivity contribution in [3.05, 3.63) is 106 Å². The van der Waals surface area contributed by atoms with Crippen LogP contribution in [0.3, 0.4) is 0 Å². The maximum absolute atomic E-state index is 13.4. The molecule has 0 saturated heterocycles. The van der Waals surface area contributed by atoms with Crippen molar-refractivity contribution in [3.63, 3.8) is 0 Å². The van der Waals surface area contributed by atoms with Gasteiger partial charge in [0.05, 0.1) is 19.3 Å². The molecule has 4 aromatic rings. The van der Waals surface area contributed by atoms with E-state index in [1.807, 2.05) is 24.4 Å². The fraction of sp³-hybridized carbons (Fsp3) is 0.160. The molecule has 0 bridgehead atoms. The van der Waals surface area contributed by atoms with Gasteiger partial charge in [-0.05, 0) is 60.5 Å². The van der Waals surface area contributed by atoms with E-state index in [9.17, 15) is 9.18 Å². The molecule has 0 fully saturated rings. The summed E-state index contributed by atoms with van der Waals surface area (Å²) in [5.74, 6) is -0.318. The first-order valence-corrected chi connectivity index (χ1v) is 12.1. The molecule has 1 unspecified atom stereocenters.